The van der Waals surface area contributed by atoms with Crippen LogP contribution in [0, 0.1) is 0 Å². The van der Waals surface area contributed by atoms with Crippen molar-refractivity contribution >= 4 is 57.6 Å². The minimum absolute atomic E-state index is 0.0888. The van der Waals surface area contributed by atoms with E-state index >= 15 is 0 Å². The van der Waals surface area contributed by atoms with Gasteiger partial charge in [0.2, 0.25) is 5.91 Å². The Bertz CT molecular complexity index is 1040. The maximum absolute atomic E-state index is 12.9. The summed E-state index contributed by atoms with van der Waals surface area (Å²) < 4.78 is 0. The average Bonchev–Trinajstić information content (AvgIpc) is 3.05. The molecule has 4 rings (SSSR count). The first-order valence-corrected chi connectivity index (χ1v) is 10.7. The van der Waals surface area contributed by atoms with Crippen LogP contribution >= 0.6 is 23.4 Å². The Balaban J connectivity index is 1.55. The number of carbonyl (C=O) groups excluding carboxylic acids is 2. The van der Waals surface area contributed by atoms with Gasteiger partial charge in [0.25, 0.3) is 5.91 Å². The molecule has 0 fully saturated rings. The highest BCUT2D eigenvalue weighted by Crippen LogP contribution is 2.34. The SMILES string of the molecule is CCC[C@H]1N=C2c3ccccc3N=C(SCC(=O)Nc3ccccc3Cl)N2C1=O. The fourth-order valence-corrected chi connectivity index (χ4v) is 4.22. The van der Waals surface area contributed by atoms with E-state index in [4.69, 9.17) is 11.6 Å². The Labute approximate surface area is 178 Å². The fraction of sp³-hybridized carbons (Fsp3) is 0.238. The summed E-state index contributed by atoms with van der Waals surface area (Å²) >= 11 is 7.31. The minimum atomic E-state index is -0.399. The molecule has 0 saturated carbocycles. The number of nitrogens with zero attached hydrogens (tertiary/aromatic N) is 3. The highest BCUT2D eigenvalue weighted by Gasteiger charge is 2.40. The van der Waals surface area contributed by atoms with Gasteiger partial charge in [0, 0.05) is 5.56 Å². The van der Waals surface area contributed by atoms with E-state index in [2.05, 4.69) is 15.3 Å². The zero-order chi connectivity index (χ0) is 20.4. The molecular formula is C21H19ClN4O2S. The van der Waals surface area contributed by atoms with Crippen molar-refractivity contribution in [2.45, 2.75) is 25.8 Å². The predicted octanol–water partition coefficient (Wildman–Crippen LogP) is 4.47. The molecular weight excluding hydrogens is 408 g/mol. The number of benzene rings is 2. The lowest BCUT2D eigenvalue weighted by molar-refractivity contribution is -0.124. The van der Waals surface area contributed by atoms with Crippen LogP contribution in [0.25, 0.3) is 0 Å². The second kappa shape index (κ2) is 8.39. The molecule has 2 heterocycles. The maximum Gasteiger partial charge on any atom is 0.259 e. The summed E-state index contributed by atoms with van der Waals surface area (Å²) in [7, 11) is 0. The molecule has 0 aromatic heterocycles. The van der Waals surface area contributed by atoms with Gasteiger partial charge >= 0.3 is 0 Å². The number of amides is 2. The molecule has 0 saturated heterocycles. The van der Waals surface area contributed by atoms with Crippen LogP contribution in [-0.2, 0) is 9.59 Å². The van der Waals surface area contributed by atoms with Crippen LogP contribution in [0.15, 0.2) is 58.5 Å². The number of aliphatic imine (C=N–C) groups is 2. The monoisotopic (exact) mass is 426 g/mol. The molecule has 6 nitrogen and oxygen atoms in total. The maximum atomic E-state index is 12.9. The van der Waals surface area contributed by atoms with Crippen LogP contribution < -0.4 is 5.32 Å². The fourth-order valence-electron chi connectivity index (χ4n) is 3.24. The Morgan fingerprint density at radius 3 is 2.76 bits per heavy atom. The molecule has 2 aromatic rings. The van der Waals surface area contributed by atoms with E-state index in [-0.39, 0.29) is 17.6 Å². The third-order valence-electron chi connectivity index (χ3n) is 4.59. The number of fused-ring (bicyclic) bond motifs is 3. The standard InChI is InChI=1S/C21H19ClN4O2S/c1-2-7-17-20(28)26-19(24-17)13-8-3-5-10-15(13)25-21(26)29-12-18(27)23-16-11-6-4-9-14(16)22/h3-6,8-11,17H,2,7,12H2,1H3,(H,23,27)/t17-/m1/s1. The van der Waals surface area contributed by atoms with E-state index in [9.17, 15) is 9.59 Å². The van der Waals surface area contributed by atoms with Gasteiger partial charge in [-0.25, -0.2) is 9.89 Å². The van der Waals surface area contributed by atoms with Crippen molar-refractivity contribution < 1.29 is 9.59 Å². The first-order chi connectivity index (χ1) is 14.1. The first-order valence-electron chi connectivity index (χ1n) is 9.35. The van der Waals surface area contributed by atoms with Crippen molar-refractivity contribution in [2.75, 3.05) is 11.1 Å². The predicted molar refractivity (Wildman–Crippen MR) is 118 cm³/mol. The molecule has 148 valence electrons. The summed E-state index contributed by atoms with van der Waals surface area (Å²) in [6.07, 6.45) is 1.55. The highest BCUT2D eigenvalue weighted by atomic mass is 35.5. The number of halogens is 1. The lowest BCUT2D eigenvalue weighted by Crippen LogP contribution is -2.41. The van der Waals surface area contributed by atoms with Crippen molar-refractivity contribution in [1.29, 1.82) is 0 Å². The number of hydrogen-bond acceptors (Lipinski definition) is 5. The Morgan fingerprint density at radius 1 is 1.21 bits per heavy atom. The van der Waals surface area contributed by atoms with Crippen LogP contribution in [0.4, 0.5) is 11.4 Å². The molecule has 2 amide bonds. The third-order valence-corrected chi connectivity index (χ3v) is 5.86. The molecule has 0 bridgehead atoms. The molecule has 29 heavy (non-hydrogen) atoms. The molecule has 0 spiro atoms. The van der Waals surface area contributed by atoms with Gasteiger partial charge in [-0.3, -0.25) is 14.6 Å². The Hall–Kier alpha value is -2.64. The molecule has 2 aromatic carbocycles. The van der Waals surface area contributed by atoms with Crippen LogP contribution in [0.2, 0.25) is 5.02 Å². The van der Waals surface area contributed by atoms with E-state index in [1.54, 1.807) is 29.2 Å². The normalized spacial score (nSPS) is 17.4. The van der Waals surface area contributed by atoms with Gasteiger partial charge in [0.15, 0.2) is 5.17 Å². The van der Waals surface area contributed by atoms with Crippen molar-refractivity contribution in [3.8, 4) is 0 Å². The van der Waals surface area contributed by atoms with Gasteiger partial charge in [-0.2, -0.15) is 0 Å². The van der Waals surface area contributed by atoms with E-state index in [1.165, 1.54) is 11.8 Å². The number of rotatable bonds is 5. The number of hydrogen-bond donors (Lipinski definition) is 1. The average molecular weight is 427 g/mol. The van der Waals surface area contributed by atoms with Crippen molar-refractivity contribution in [3.63, 3.8) is 0 Å². The van der Waals surface area contributed by atoms with Crippen molar-refractivity contribution in [1.82, 2.24) is 4.90 Å². The van der Waals surface area contributed by atoms with Gasteiger partial charge in [0.1, 0.15) is 11.9 Å². The zero-order valence-corrected chi connectivity index (χ0v) is 17.3. The quantitative estimate of drug-likeness (QED) is 0.766. The number of para-hydroxylation sites is 2. The lowest BCUT2D eigenvalue weighted by Gasteiger charge is -2.25. The molecule has 0 aliphatic carbocycles. The molecule has 8 heteroatoms. The summed E-state index contributed by atoms with van der Waals surface area (Å²) in [5.41, 5.74) is 2.14. The van der Waals surface area contributed by atoms with E-state index in [0.29, 0.717) is 28.1 Å². The topological polar surface area (TPSA) is 74.1 Å². The molecule has 2 aliphatic rings. The Morgan fingerprint density at radius 2 is 1.97 bits per heavy atom. The minimum Gasteiger partial charge on any atom is -0.324 e. The second-order valence-corrected chi connectivity index (χ2v) is 8.01. The highest BCUT2D eigenvalue weighted by molar-refractivity contribution is 8.14. The zero-order valence-electron chi connectivity index (χ0n) is 15.8. The first kappa shape index (κ1) is 19.7. The number of carbonyl (C=O) groups is 2. The van der Waals surface area contributed by atoms with Crippen LogP contribution in [0.3, 0.4) is 0 Å². The summed E-state index contributed by atoms with van der Waals surface area (Å²) in [4.78, 5) is 36.2. The Kier molecular flexibility index (Phi) is 5.69. The second-order valence-electron chi connectivity index (χ2n) is 6.66. The van der Waals surface area contributed by atoms with Crippen LogP contribution in [-0.4, -0.2) is 39.5 Å². The van der Waals surface area contributed by atoms with E-state index in [0.717, 1.165) is 17.7 Å². The van der Waals surface area contributed by atoms with E-state index in [1.807, 2.05) is 31.2 Å². The van der Waals surface area contributed by atoms with Gasteiger partial charge in [-0.1, -0.05) is 61.0 Å². The van der Waals surface area contributed by atoms with Gasteiger partial charge < -0.3 is 5.32 Å². The number of nitrogens with one attached hydrogen (secondary N) is 1. The van der Waals surface area contributed by atoms with Gasteiger partial charge in [-0.05, 0) is 30.7 Å². The largest absolute Gasteiger partial charge is 0.324 e. The van der Waals surface area contributed by atoms with Crippen molar-refractivity contribution in [2.24, 2.45) is 9.98 Å². The third kappa shape index (κ3) is 3.93. The molecule has 0 unspecified atom stereocenters. The summed E-state index contributed by atoms with van der Waals surface area (Å²) in [6, 6.07) is 14.3. The molecule has 2 aliphatic heterocycles. The van der Waals surface area contributed by atoms with Gasteiger partial charge in [0.05, 0.1) is 22.2 Å². The summed E-state index contributed by atoms with van der Waals surface area (Å²) in [5, 5.41) is 3.73. The van der Waals surface area contributed by atoms with Crippen LogP contribution in [0.1, 0.15) is 25.3 Å². The van der Waals surface area contributed by atoms with Crippen LogP contribution in [0.5, 0.6) is 0 Å². The van der Waals surface area contributed by atoms with E-state index < -0.39 is 6.04 Å². The molecule has 1 atom stereocenters. The lowest BCUT2D eigenvalue weighted by atomic mass is 10.1. The van der Waals surface area contributed by atoms with Crippen molar-refractivity contribution in [3.05, 3.63) is 59.1 Å². The smallest absolute Gasteiger partial charge is 0.259 e. The number of amidine groups is 2. The summed E-state index contributed by atoms with van der Waals surface area (Å²) in [6.45, 7) is 2.03. The number of thioether (sulfide) groups is 1. The van der Waals surface area contributed by atoms with Gasteiger partial charge in [-0.15, -0.1) is 0 Å². The summed E-state index contributed by atoms with van der Waals surface area (Å²) in [5.74, 6) is 0.406. The number of anilines is 1. The molecule has 0 radical (unpaired) electrons. The molecule has 1 N–H and O–H groups in total.